The lowest BCUT2D eigenvalue weighted by atomic mass is 10.4. The van der Waals surface area contributed by atoms with Crippen molar-refractivity contribution < 1.29 is 9.90 Å². The second kappa shape index (κ2) is 2.43. The van der Waals surface area contributed by atoms with Crippen molar-refractivity contribution in [2.24, 2.45) is 10.7 Å². The van der Waals surface area contributed by atoms with Crippen LogP contribution in [0.15, 0.2) is 17.3 Å². The molecule has 0 aliphatic carbocycles. The highest BCUT2D eigenvalue weighted by atomic mass is 35.5. The van der Waals surface area contributed by atoms with Gasteiger partial charge in [0.15, 0.2) is 0 Å². The van der Waals surface area contributed by atoms with Crippen LogP contribution in [0.3, 0.4) is 0 Å². The van der Waals surface area contributed by atoms with Crippen LogP contribution in [-0.2, 0) is 4.79 Å². The van der Waals surface area contributed by atoms with Crippen molar-refractivity contribution in [2.75, 3.05) is 0 Å². The zero-order chi connectivity index (χ0) is 8.48. The van der Waals surface area contributed by atoms with Crippen LogP contribution in [0.1, 0.15) is 0 Å². The van der Waals surface area contributed by atoms with Crippen molar-refractivity contribution in [2.45, 2.75) is 5.12 Å². The number of amidine groups is 1. The minimum Gasteiger partial charge on any atom is -0.477 e. The molecule has 1 heterocycles. The van der Waals surface area contributed by atoms with Gasteiger partial charge in [-0.15, -0.1) is 0 Å². The Hall–Kier alpha value is -1.23. The highest BCUT2D eigenvalue weighted by molar-refractivity contribution is 6.34. The fourth-order valence-electron chi connectivity index (χ4n) is 0.594. The normalized spacial score (nSPS) is 29.0. The number of halogens is 1. The maximum atomic E-state index is 10.4. The zero-order valence-electron chi connectivity index (χ0n) is 5.41. The Kier molecular flexibility index (Phi) is 1.74. The smallest absolute Gasteiger partial charge is 0.369 e. The summed E-state index contributed by atoms with van der Waals surface area (Å²) >= 11 is 5.48. The molecule has 0 bridgehead atoms. The Morgan fingerprint density at radius 3 is 2.91 bits per heavy atom. The van der Waals surface area contributed by atoms with Gasteiger partial charge in [-0.05, 0) is 6.08 Å². The molecule has 0 fully saturated rings. The molecule has 1 atom stereocenters. The van der Waals surface area contributed by atoms with Crippen molar-refractivity contribution >= 4 is 23.4 Å². The third-order valence-electron chi connectivity index (χ3n) is 1.10. The van der Waals surface area contributed by atoms with Crippen LogP contribution in [0, 0.1) is 0 Å². The van der Waals surface area contributed by atoms with Crippen molar-refractivity contribution in [1.29, 1.82) is 0 Å². The van der Waals surface area contributed by atoms with Crippen molar-refractivity contribution in [3.8, 4) is 0 Å². The molecule has 1 aliphatic rings. The van der Waals surface area contributed by atoms with Crippen LogP contribution in [-0.4, -0.2) is 22.0 Å². The Morgan fingerprint density at radius 2 is 2.55 bits per heavy atom. The number of aliphatic carboxylic acids is 1. The molecule has 0 spiro atoms. The first-order valence-electron chi connectivity index (χ1n) is 2.76. The number of alkyl halides is 1. The molecule has 0 saturated carbocycles. The van der Waals surface area contributed by atoms with Gasteiger partial charge in [-0.2, -0.15) is 0 Å². The summed E-state index contributed by atoms with van der Waals surface area (Å²) in [7, 11) is 0. The minimum absolute atomic E-state index is 0.0844. The first kappa shape index (κ1) is 7.87. The number of hydrogen-bond acceptors (Lipinski definition) is 4. The molecule has 1 aliphatic heterocycles. The van der Waals surface area contributed by atoms with Gasteiger partial charge in [0.05, 0.1) is 0 Å². The monoisotopic (exact) mass is 175 g/mol. The van der Waals surface area contributed by atoms with Crippen molar-refractivity contribution in [3.05, 3.63) is 12.3 Å². The van der Waals surface area contributed by atoms with Crippen LogP contribution in [0.5, 0.6) is 0 Å². The molecular formula is C5H6ClN3O2. The fourth-order valence-corrected chi connectivity index (χ4v) is 0.755. The number of hydrogen-bond donors (Lipinski definition) is 3. The van der Waals surface area contributed by atoms with E-state index < -0.39 is 11.1 Å². The van der Waals surface area contributed by atoms with Crippen LogP contribution in [0.4, 0.5) is 0 Å². The first-order valence-corrected chi connectivity index (χ1v) is 3.14. The summed E-state index contributed by atoms with van der Waals surface area (Å²) in [5, 5.41) is 9.03. The predicted octanol–water partition coefficient (Wildman–Crippen LogP) is -0.562. The van der Waals surface area contributed by atoms with E-state index in [9.17, 15) is 4.79 Å². The van der Waals surface area contributed by atoms with E-state index in [2.05, 4.69) is 10.3 Å². The Labute approximate surface area is 67.5 Å². The second-order valence-corrected chi connectivity index (χ2v) is 2.49. The minimum atomic E-state index is -1.83. The van der Waals surface area contributed by atoms with Gasteiger partial charge < -0.3 is 16.2 Å². The van der Waals surface area contributed by atoms with E-state index in [-0.39, 0.29) is 5.84 Å². The number of carbonyl (C=O) groups is 1. The van der Waals surface area contributed by atoms with Gasteiger partial charge in [-0.1, -0.05) is 11.6 Å². The lowest BCUT2D eigenvalue weighted by molar-refractivity contribution is -0.140. The number of carboxylic acids is 1. The molecule has 1 rings (SSSR count). The highest BCUT2D eigenvalue weighted by Crippen LogP contribution is 2.15. The van der Waals surface area contributed by atoms with E-state index in [4.69, 9.17) is 22.4 Å². The third-order valence-corrected chi connectivity index (χ3v) is 1.45. The highest BCUT2D eigenvalue weighted by Gasteiger charge is 2.36. The van der Waals surface area contributed by atoms with Gasteiger partial charge in [0.25, 0.3) is 0 Å². The van der Waals surface area contributed by atoms with Crippen LogP contribution < -0.4 is 11.1 Å². The Balaban J connectivity index is 2.92. The number of rotatable bonds is 1. The summed E-state index contributed by atoms with van der Waals surface area (Å²) in [6.45, 7) is 0. The molecular weight excluding hydrogens is 170 g/mol. The van der Waals surface area contributed by atoms with E-state index in [0.29, 0.717) is 0 Å². The Bertz CT molecular complexity index is 250. The Morgan fingerprint density at radius 1 is 1.91 bits per heavy atom. The maximum absolute atomic E-state index is 10.4. The van der Waals surface area contributed by atoms with E-state index in [0.717, 1.165) is 0 Å². The largest absolute Gasteiger partial charge is 0.477 e. The van der Waals surface area contributed by atoms with E-state index >= 15 is 0 Å². The standard InChI is InChI=1S/C5H6ClN3O2/c6-5(4(10)11)8-2-1-3(7)9-5/h1-2,8H,(H2,7,9)(H,10,11). The average Bonchev–Trinajstić information content (AvgIpc) is 1.86. The molecule has 0 amide bonds. The van der Waals surface area contributed by atoms with E-state index in [1.807, 2.05) is 0 Å². The molecule has 0 aromatic carbocycles. The van der Waals surface area contributed by atoms with Gasteiger partial charge in [-0.25, -0.2) is 9.79 Å². The van der Waals surface area contributed by atoms with Gasteiger partial charge in [0.2, 0.25) is 0 Å². The molecule has 0 aromatic rings. The van der Waals surface area contributed by atoms with Crippen LogP contribution in [0.2, 0.25) is 0 Å². The summed E-state index contributed by atoms with van der Waals surface area (Å²) < 4.78 is 0. The summed E-state index contributed by atoms with van der Waals surface area (Å²) in [6, 6.07) is 0. The predicted molar refractivity (Wildman–Crippen MR) is 40.1 cm³/mol. The average molecular weight is 176 g/mol. The molecule has 60 valence electrons. The molecule has 0 radical (unpaired) electrons. The summed E-state index contributed by atoms with van der Waals surface area (Å²) in [4.78, 5) is 13.9. The number of nitrogens with zero attached hydrogens (tertiary/aromatic N) is 1. The van der Waals surface area contributed by atoms with Crippen LogP contribution >= 0.6 is 11.6 Å². The number of aliphatic imine (C=N–C) groups is 1. The molecule has 6 heteroatoms. The van der Waals surface area contributed by atoms with E-state index in [1.54, 1.807) is 0 Å². The lowest BCUT2D eigenvalue weighted by Gasteiger charge is -2.20. The number of nitrogens with two attached hydrogens (primary N) is 1. The summed E-state index contributed by atoms with van der Waals surface area (Å²) in [5.41, 5.74) is 5.22. The van der Waals surface area contributed by atoms with Gasteiger partial charge in [0.1, 0.15) is 5.84 Å². The van der Waals surface area contributed by atoms with Gasteiger partial charge in [-0.3, -0.25) is 0 Å². The summed E-state index contributed by atoms with van der Waals surface area (Å²) in [5.74, 6) is -1.20. The molecule has 0 saturated heterocycles. The zero-order valence-corrected chi connectivity index (χ0v) is 6.17. The third kappa shape index (κ3) is 1.43. The van der Waals surface area contributed by atoms with Gasteiger partial charge >= 0.3 is 11.1 Å². The molecule has 0 aromatic heterocycles. The SMILES string of the molecule is NC1=NC(Cl)(C(=O)O)NC=C1. The number of nitrogens with one attached hydrogen (secondary N) is 1. The quantitative estimate of drug-likeness (QED) is 0.368. The lowest BCUT2D eigenvalue weighted by Crippen LogP contribution is -2.46. The second-order valence-electron chi connectivity index (χ2n) is 1.94. The maximum Gasteiger partial charge on any atom is 0.369 e. The fraction of sp³-hybridized carbons (Fsp3) is 0.200. The topological polar surface area (TPSA) is 87.7 Å². The molecule has 5 nitrogen and oxygen atoms in total. The molecule has 4 N–H and O–H groups in total. The van der Waals surface area contributed by atoms with E-state index in [1.165, 1.54) is 12.3 Å². The van der Waals surface area contributed by atoms with Gasteiger partial charge in [0, 0.05) is 6.20 Å². The molecule has 1 unspecified atom stereocenters. The summed E-state index contributed by atoms with van der Waals surface area (Å²) in [6.07, 6.45) is 2.76. The van der Waals surface area contributed by atoms with Crippen molar-refractivity contribution in [1.82, 2.24) is 5.32 Å². The first-order chi connectivity index (χ1) is 5.04. The van der Waals surface area contributed by atoms with Crippen molar-refractivity contribution in [3.63, 3.8) is 0 Å². The van der Waals surface area contributed by atoms with Crippen LogP contribution in [0.25, 0.3) is 0 Å². The molecule has 11 heavy (non-hydrogen) atoms. The number of carboxylic acid groups (broad SMARTS) is 1.